The highest BCUT2D eigenvalue weighted by atomic mass is 35.5. The van der Waals surface area contributed by atoms with Crippen LogP contribution in [0.2, 0.25) is 5.02 Å². The van der Waals surface area contributed by atoms with Gasteiger partial charge in [0.05, 0.1) is 33.9 Å². The van der Waals surface area contributed by atoms with Crippen LogP contribution in [0.5, 0.6) is 5.75 Å². The number of allylic oxidation sites excluding steroid dienone is 2. The Bertz CT molecular complexity index is 2240. The molecule has 4 amide bonds. The molecule has 0 unspecified atom stereocenters. The molecule has 4 aromatic rings. The minimum absolute atomic E-state index is 0.0152. The molecule has 6 atom stereocenters. The fraction of sp³-hybridized carbons (Fsp3) is 0.349. The number of phenols is 1. The number of aromatic hydroxyl groups is 1. The van der Waals surface area contributed by atoms with Gasteiger partial charge in [0.2, 0.25) is 23.6 Å². The summed E-state index contributed by atoms with van der Waals surface area (Å²) in [6, 6.07) is 24.8. The molecule has 10 heteroatoms. The number of amides is 4. The number of benzene rings is 4. The first-order valence-corrected chi connectivity index (χ1v) is 18.8. The second-order valence-electron chi connectivity index (χ2n) is 15.5. The monoisotopic (exact) mass is 731 g/mol. The van der Waals surface area contributed by atoms with Gasteiger partial charge in [0.15, 0.2) is 0 Å². The van der Waals surface area contributed by atoms with E-state index in [1.165, 1.54) is 22.6 Å². The van der Waals surface area contributed by atoms with Crippen molar-refractivity contribution in [1.82, 2.24) is 9.80 Å². The largest absolute Gasteiger partial charge is 0.508 e. The van der Waals surface area contributed by atoms with Crippen molar-refractivity contribution in [2.75, 3.05) is 18.0 Å². The molecule has 5 aliphatic rings. The van der Waals surface area contributed by atoms with Crippen LogP contribution in [0.3, 0.4) is 0 Å². The highest BCUT2D eigenvalue weighted by Crippen LogP contribution is 2.65. The van der Waals surface area contributed by atoms with Gasteiger partial charge in [0.25, 0.3) is 0 Å². The Morgan fingerprint density at radius 3 is 2.36 bits per heavy atom. The molecule has 1 N–H and O–H groups in total. The number of hydrogen-bond acceptors (Lipinski definition) is 6. The van der Waals surface area contributed by atoms with Gasteiger partial charge in [0.1, 0.15) is 11.6 Å². The van der Waals surface area contributed by atoms with Crippen LogP contribution in [0.25, 0.3) is 10.8 Å². The molecule has 4 aromatic carbocycles. The second kappa shape index (κ2) is 12.6. The number of imide groups is 2. The number of nitrogens with zero attached hydrogens (tertiary/aromatic N) is 3. The van der Waals surface area contributed by atoms with Crippen molar-refractivity contribution in [3.63, 3.8) is 0 Å². The number of piperidine rings is 1. The first-order chi connectivity index (χ1) is 25.6. The SMILES string of the molecule is C[C@@]12C(=O)N(c3ccc(F)c(Cl)c3)C(=O)[C@@H]1C[C@@H]1C(=CC[C@@H]3C(=O)N(C4CCN(Cc5ccccc5)CC4)C(=O)[C@@H]31)[C@@H]2c1c(O)ccc2ccccc12. The van der Waals surface area contributed by atoms with Crippen molar-refractivity contribution in [3.8, 4) is 5.75 Å². The lowest BCUT2D eigenvalue weighted by molar-refractivity contribution is -0.144. The molecule has 3 saturated heterocycles. The van der Waals surface area contributed by atoms with Gasteiger partial charge in [-0.15, -0.1) is 0 Å². The molecule has 0 aromatic heterocycles. The first kappa shape index (κ1) is 33.9. The summed E-state index contributed by atoms with van der Waals surface area (Å²) < 4.78 is 14.3. The van der Waals surface area contributed by atoms with Crippen molar-refractivity contribution >= 4 is 51.7 Å². The van der Waals surface area contributed by atoms with Gasteiger partial charge in [-0.3, -0.25) is 29.0 Å². The van der Waals surface area contributed by atoms with Gasteiger partial charge in [-0.25, -0.2) is 9.29 Å². The number of rotatable bonds is 5. The van der Waals surface area contributed by atoms with Crippen molar-refractivity contribution in [1.29, 1.82) is 0 Å². The third-order valence-corrected chi connectivity index (χ3v) is 13.2. The third kappa shape index (κ3) is 5.11. The molecule has 8 nitrogen and oxygen atoms in total. The quantitative estimate of drug-likeness (QED) is 0.172. The maximum absolute atomic E-state index is 14.8. The lowest BCUT2D eigenvalue weighted by atomic mass is 9.51. The average molecular weight is 732 g/mol. The molecule has 0 bridgehead atoms. The summed E-state index contributed by atoms with van der Waals surface area (Å²) in [5.41, 5.74) is 1.34. The van der Waals surface area contributed by atoms with Gasteiger partial charge in [-0.05, 0) is 79.1 Å². The van der Waals surface area contributed by atoms with Gasteiger partial charge in [-0.2, -0.15) is 0 Å². The number of halogens is 2. The summed E-state index contributed by atoms with van der Waals surface area (Å²) in [6.45, 7) is 4.12. The molecule has 3 aliphatic heterocycles. The van der Waals surface area contributed by atoms with E-state index in [1.54, 1.807) is 13.0 Å². The Balaban J connectivity index is 1.10. The number of fused-ring (bicyclic) bond motifs is 5. The highest BCUT2D eigenvalue weighted by Gasteiger charge is 2.68. The number of likely N-dealkylation sites (tertiary alicyclic amines) is 2. The molecule has 9 rings (SSSR count). The van der Waals surface area contributed by atoms with E-state index >= 15 is 0 Å². The van der Waals surface area contributed by atoms with E-state index < -0.39 is 52.6 Å². The third-order valence-electron chi connectivity index (χ3n) is 12.9. The smallest absolute Gasteiger partial charge is 0.241 e. The highest BCUT2D eigenvalue weighted by molar-refractivity contribution is 6.31. The van der Waals surface area contributed by atoms with Crippen molar-refractivity contribution in [2.45, 2.75) is 51.1 Å². The fourth-order valence-corrected chi connectivity index (χ4v) is 10.5. The number of carbonyl (C=O) groups is 4. The fourth-order valence-electron chi connectivity index (χ4n) is 10.3. The molecule has 0 spiro atoms. The Morgan fingerprint density at radius 1 is 0.868 bits per heavy atom. The topological polar surface area (TPSA) is 98.2 Å². The van der Waals surface area contributed by atoms with Crippen LogP contribution in [0, 0.1) is 34.9 Å². The van der Waals surface area contributed by atoms with Crippen LogP contribution >= 0.6 is 11.6 Å². The van der Waals surface area contributed by atoms with Crippen molar-refractivity contribution in [3.05, 3.63) is 119 Å². The predicted molar refractivity (Wildman–Crippen MR) is 198 cm³/mol. The summed E-state index contributed by atoms with van der Waals surface area (Å²) in [4.78, 5) is 63.3. The Hall–Kier alpha value is -4.86. The minimum atomic E-state index is -1.37. The Labute approximate surface area is 311 Å². The molecule has 0 radical (unpaired) electrons. The van der Waals surface area contributed by atoms with Crippen LogP contribution in [0.1, 0.15) is 49.7 Å². The molecule has 1 saturated carbocycles. The predicted octanol–water partition coefficient (Wildman–Crippen LogP) is 7.23. The van der Waals surface area contributed by atoms with Gasteiger partial charge < -0.3 is 5.11 Å². The molecule has 270 valence electrons. The maximum atomic E-state index is 14.8. The van der Waals surface area contributed by atoms with Crippen LogP contribution < -0.4 is 4.90 Å². The summed E-state index contributed by atoms with van der Waals surface area (Å²) in [7, 11) is 0. The maximum Gasteiger partial charge on any atom is 0.241 e. The summed E-state index contributed by atoms with van der Waals surface area (Å²) in [6.07, 6.45) is 3.89. The van der Waals surface area contributed by atoms with E-state index in [2.05, 4.69) is 17.0 Å². The summed E-state index contributed by atoms with van der Waals surface area (Å²) in [5, 5.41) is 13.0. The van der Waals surface area contributed by atoms with E-state index in [-0.39, 0.29) is 40.7 Å². The van der Waals surface area contributed by atoms with E-state index in [9.17, 15) is 28.7 Å². The molecule has 2 aliphatic carbocycles. The normalized spacial score (nSPS) is 29.0. The van der Waals surface area contributed by atoms with E-state index in [1.807, 2.05) is 54.6 Å². The second-order valence-corrected chi connectivity index (χ2v) is 15.9. The van der Waals surface area contributed by atoms with Crippen molar-refractivity contribution < 1.29 is 28.7 Å². The summed E-state index contributed by atoms with van der Waals surface area (Å²) in [5.74, 6) is -5.44. The van der Waals surface area contributed by atoms with Gasteiger partial charge in [0, 0.05) is 37.2 Å². The first-order valence-electron chi connectivity index (χ1n) is 18.4. The van der Waals surface area contributed by atoms with Crippen LogP contribution in [-0.2, 0) is 25.7 Å². The van der Waals surface area contributed by atoms with E-state index in [4.69, 9.17) is 11.6 Å². The lowest BCUT2D eigenvalue weighted by Crippen LogP contribution is -2.49. The average Bonchev–Trinajstić information content (AvgIpc) is 3.53. The van der Waals surface area contributed by atoms with E-state index in [0.717, 1.165) is 46.9 Å². The zero-order chi connectivity index (χ0) is 36.8. The Morgan fingerprint density at radius 2 is 1.60 bits per heavy atom. The standard InChI is InChI=1S/C43H39ClFN3O5/c1-43-32(40(51)48(42(43)53)27-12-15-34(45)33(44)21-27)22-31-29(38(43)37-28-10-6-5-9-25(28)11-16-35(37)49)13-14-30-36(31)41(52)47(39(30)50)26-17-19-46(20-18-26)23-24-7-3-2-4-8-24/h2-13,15-16,21,26,30-32,36,38,49H,14,17-20,22-23H2,1H3/t30-,31+,32-,36-,38+,43+/m0/s1. The van der Waals surface area contributed by atoms with Gasteiger partial charge >= 0.3 is 0 Å². The zero-order valence-electron chi connectivity index (χ0n) is 29.3. The van der Waals surface area contributed by atoms with Crippen LogP contribution in [-0.4, -0.2) is 57.7 Å². The molecular weight excluding hydrogens is 693 g/mol. The minimum Gasteiger partial charge on any atom is -0.508 e. The number of hydrogen-bond donors (Lipinski definition) is 1. The number of anilines is 1. The van der Waals surface area contributed by atoms with Crippen LogP contribution in [0.15, 0.2) is 96.6 Å². The lowest BCUT2D eigenvalue weighted by Gasteiger charge is -2.49. The zero-order valence-corrected chi connectivity index (χ0v) is 30.0. The summed E-state index contributed by atoms with van der Waals surface area (Å²) >= 11 is 6.15. The number of phenolic OH excluding ortho intramolecular Hbond substituents is 1. The molecule has 3 heterocycles. The molecular formula is C43H39ClFN3O5. The molecule has 4 fully saturated rings. The van der Waals surface area contributed by atoms with Crippen LogP contribution in [0.4, 0.5) is 10.1 Å². The Kier molecular flexibility index (Phi) is 8.09. The van der Waals surface area contributed by atoms with Crippen molar-refractivity contribution in [2.24, 2.45) is 29.1 Å². The van der Waals surface area contributed by atoms with E-state index in [0.29, 0.717) is 24.8 Å². The molecule has 53 heavy (non-hydrogen) atoms. The van der Waals surface area contributed by atoms with Gasteiger partial charge in [-0.1, -0.05) is 83.9 Å². The number of carbonyl (C=O) groups excluding carboxylic acids is 4.